The first-order valence-corrected chi connectivity index (χ1v) is 5.32. The summed E-state index contributed by atoms with van der Waals surface area (Å²) in [7, 11) is 0. The minimum Gasteiger partial charge on any atom is -0.481 e. The van der Waals surface area contributed by atoms with Crippen LogP contribution >= 0.6 is 0 Å². The number of aliphatic carboxylic acids is 2. The van der Waals surface area contributed by atoms with Crippen molar-refractivity contribution < 1.29 is 29.4 Å². The Morgan fingerprint density at radius 3 is 2.28 bits per heavy atom. The molecule has 0 saturated carbocycles. The Balaban J connectivity index is 4.26. The van der Waals surface area contributed by atoms with Crippen LogP contribution < -0.4 is 11.1 Å². The van der Waals surface area contributed by atoms with Crippen LogP contribution in [0.1, 0.15) is 25.7 Å². The van der Waals surface area contributed by atoms with Gasteiger partial charge in [-0.3, -0.25) is 9.59 Å². The molecule has 0 aliphatic heterocycles. The number of carboxylic acids is 2. The van der Waals surface area contributed by atoms with Crippen LogP contribution in [-0.4, -0.2) is 46.4 Å². The number of carboxylic acid groups (broad SMARTS) is 2. The van der Waals surface area contributed by atoms with Crippen molar-refractivity contribution in [3.8, 4) is 0 Å². The first-order valence-electron chi connectivity index (χ1n) is 5.32. The molecule has 5 N–H and O–H groups in total. The van der Waals surface area contributed by atoms with E-state index in [1.165, 1.54) is 0 Å². The molecule has 0 aliphatic rings. The van der Waals surface area contributed by atoms with Crippen LogP contribution in [0.15, 0.2) is 0 Å². The van der Waals surface area contributed by atoms with Gasteiger partial charge in [-0.1, -0.05) is 0 Å². The summed E-state index contributed by atoms with van der Waals surface area (Å²) in [4.78, 5) is 42.6. The maximum absolute atomic E-state index is 11.5. The van der Waals surface area contributed by atoms with Crippen molar-refractivity contribution in [2.45, 2.75) is 37.8 Å². The molecule has 8 heteroatoms. The summed E-state index contributed by atoms with van der Waals surface area (Å²) in [5.41, 5.74) is 5.40. The van der Waals surface area contributed by atoms with Gasteiger partial charge >= 0.3 is 11.9 Å². The molecule has 0 fully saturated rings. The summed E-state index contributed by atoms with van der Waals surface area (Å²) in [6.45, 7) is 0. The summed E-state index contributed by atoms with van der Waals surface area (Å²) in [5, 5.41) is 19.4. The molecule has 0 unspecified atom stereocenters. The third-order valence-electron chi connectivity index (χ3n) is 2.19. The maximum atomic E-state index is 11.5. The lowest BCUT2D eigenvalue weighted by molar-refractivity contribution is -0.142. The predicted molar refractivity (Wildman–Crippen MR) is 59.7 cm³/mol. The molecule has 0 aliphatic carbocycles. The molecule has 0 aromatic heterocycles. The van der Waals surface area contributed by atoms with Crippen molar-refractivity contribution in [1.82, 2.24) is 5.32 Å². The van der Waals surface area contributed by atoms with Crippen LogP contribution in [0.2, 0.25) is 0 Å². The van der Waals surface area contributed by atoms with Crippen molar-refractivity contribution >= 4 is 24.1 Å². The van der Waals surface area contributed by atoms with Gasteiger partial charge in [-0.25, -0.2) is 4.79 Å². The molecule has 0 rings (SSSR count). The molecule has 8 nitrogen and oxygen atoms in total. The van der Waals surface area contributed by atoms with Gasteiger partial charge < -0.3 is 26.1 Å². The fourth-order valence-electron chi connectivity index (χ4n) is 1.18. The molecule has 18 heavy (non-hydrogen) atoms. The lowest BCUT2D eigenvalue weighted by atomic mass is 10.1. The van der Waals surface area contributed by atoms with E-state index in [9.17, 15) is 19.2 Å². The average Bonchev–Trinajstić information content (AvgIpc) is 2.30. The number of aldehydes is 1. The quantitative estimate of drug-likeness (QED) is 0.378. The molecule has 2 atom stereocenters. The molecule has 0 bridgehead atoms. The van der Waals surface area contributed by atoms with Crippen molar-refractivity contribution in [3.63, 3.8) is 0 Å². The molecule has 0 aromatic carbocycles. The third kappa shape index (κ3) is 6.59. The van der Waals surface area contributed by atoms with E-state index < -0.39 is 29.9 Å². The van der Waals surface area contributed by atoms with Gasteiger partial charge in [-0.05, 0) is 12.8 Å². The Bertz CT molecular complexity index is 330. The highest BCUT2D eigenvalue weighted by Crippen LogP contribution is 1.99. The zero-order valence-corrected chi connectivity index (χ0v) is 9.67. The zero-order chi connectivity index (χ0) is 14.1. The molecule has 0 aromatic rings. The Morgan fingerprint density at radius 1 is 1.22 bits per heavy atom. The monoisotopic (exact) mass is 260 g/mol. The minimum atomic E-state index is -1.27. The van der Waals surface area contributed by atoms with Gasteiger partial charge in [0.25, 0.3) is 0 Å². The van der Waals surface area contributed by atoms with E-state index in [0.29, 0.717) is 6.29 Å². The van der Waals surface area contributed by atoms with Crippen molar-refractivity contribution in [3.05, 3.63) is 0 Å². The number of carbonyl (C=O) groups is 4. The lowest BCUT2D eigenvalue weighted by Crippen LogP contribution is -2.48. The highest BCUT2D eigenvalue weighted by molar-refractivity contribution is 5.87. The van der Waals surface area contributed by atoms with Crippen molar-refractivity contribution in [2.24, 2.45) is 5.73 Å². The van der Waals surface area contributed by atoms with Crippen molar-refractivity contribution in [1.29, 1.82) is 0 Å². The predicted octanol–water partition coefficient (Wildman–Crippen LogP) is -1.27. The van der Waals surface area contributed by atoms with E-state index in [1.807, 2.05) is 0 Å². The van der Waals surface area contributed by atoms with E-state index in [1.54, 1.807) is 0 Å². The van der Waals surface area contributed by atoms with E-state index >= 15 is 0 Å². The Labute approximate surface area is 103 Å². The van der Waals surface area contributed by atoms with Gasteiger partial charge in [0.05, 0.1) is 6.04 Å². The maximum Gasteiger partial charge on any atom is 0.326 e. The average molecular weight is 260 g/mol. The Kier molecular flexibility index (Phi) is 7.29. The van der Waals surface area contributed by atoms with Crippen LogP contribution in [0.4, 0.5) is 0 Å². The molecule has 0 radical (unpaired) electrons. The highest BCUT2D eigenvalue weighted by atomic mass is 16.4. The summed E-state index contributed by atoms with van der Waals surface area (Å²) in [6.07, 6.45) is 0.159. The molecular formula is C10H16N2O6. The second-order valence-electron chi connectivity index (χ2n) is 3.68. The molecule has 102 valence electrons. The number of nitrogens with one attached hydrogen (secondary N) is 1. The molecular weight excluding hydrogens is 244 g/mol. The van der Waals surface area contributed by atoms with Gasteiger partial charge in [0.2, 0.25) is 5.91 Å². The van der Waals surface area contributed by atoms with Crippen LogP contribution in [-0.2, 0) is 19.2 Å². The molecule has 0 saturated heterocycles. The van der Waals surface area contributed by atoms with Gasteiger partial charge in [0, 0.05) is 12.8 Å². The van der Waals surface area contributed by atoms with Gasteiger partial charge in [-0.2, -0.15) is 0 Å². The number of carbonyl (C=O) groups excluding carboxylic acids is 2. The second-order valence-corrected chi connectivity index (χ2v) is 3.68. The number of hydrogen-bond acceptors (Lipinski definition) is 5. The Morgan fingerprint density at radius 2 is 1.83 bits per heavy atom. The first-order chi connectivity index (χ1) is 8.38. The topological polar surface area (TPSA) is 147 Å². The second kappa shape index (κ2) is 8.18. The molecule has 0 heterocycles. The van der Waals surface area contributed by atoms with Gasteiger partial charge in [0.15, 0.2) is 0 Å². The summed E-state index contributed by atoms with van der Waals surface area (Å²) >= 11 is 0. The van der Waals surface area contributed by atoms with E-state index in [2.05, 4.69) is 5.32 Å². The van der Waals surface area contributed by atoms with Crippen LogP contribution in [0.3, 0.4) is 0 Å². The molecule has 1 amide bonds. The number of nitrogens with two attached hydrogens (primary N) is 1. The zero-order valence-electron chi connectivity index (χ0n) is 9.67. The highest BCUT2D eigenvalue weighted by Gasteiger charge is 2.23. The minimum absolute atomic E-state index is 0.00160. The molecule has 0 spiro atoms. The fourth-order valence-corrected chi connectivity index (χ4v) is 1.18. The van der Waals surface area contributed by atoms with E-state index in [0.717, 1.165) is 0 Å². The van der Waals surface area contributed by atoms with Crippen LogP contribution in [0.5, 0.6) is 0 Å². The number of amides is 1. The largest absolute Gasteiger partial charge is 0.481 e. The van der Waals surface area contributed by atoms with Gasteiger partial charge in [0.1, 0.15) is 12.3 Å². The Hall–Kier alpha value is -1.96. The fraction of sp³-hybridized carbons (Fsp3) is 0.600. The van der Waals surface area contributed by atoms with Crippen LogP contribution in [0.25, 0.3) is 0 Å². The van der Waals surface area contributed by atoms with E-state index in [-0.39, 0.29) is 25.7 Å². The summed E-state index contributed by atoms with van der Waals surface area (Å²) < 4.78 is 0. The SMILES string of the molecule is N[C@@H](CCC(=O)O)C(=O)N[C@@H](CCC=O)C(=O)O. The first kappa shape index (κ1) is 16.0. The lowest BCUT2D eigenvalue weighted by Gasteiger charge is -2.16. The van der Waals surface area contributed by atoms with E-state index in [4.69, 9.17) is 15.9 Å². The normalized spacial score (nSPS) is 13.4. The van der Waals surface area contributed by atoms with Gasteiger partial charge in [-0.15, -0.1) is 0 Å². The van der Waals surface area contributed by atoms with Crippen LogP contribution in [0, 0.1) is 0 Å². The third-order valence-corrected chi connectivity index (χ3v) is 2.19. The smallest absolute Gasteiger partial charge is 0.326 e. The number of hydrogen-bond donors (Lipinski definition) is 4. The standard InChI is InChI=1S/C10H16N2O6/c11-6(3-4-8(14)15)9(16)12-7(10(17)18)2-1-5-13/h5-7H,1-4,11H2,(H,12,16)(H,14,15)(H,17,18)/t6-,7-/m0/s1. The summed E-state index contributed by atoms with van der Waals surface area (Å²) in [5.74, 6) is -3.10. The number of rotatable bonds is 9. The summed E-state index contributed by atoms with van der Waals surface area (Å²) in [6, 6.07) is -2.28. The van der Waals surface area contributed by atoms with Crippen molar-refractivity contribution in [2.75, 3.05) is 0 Å².